The lowest BCUT2D eigenvalue weighted by molar-refractivity contribution is 0.535. The van der Waals surface area contributed by atoms with Gasteiger partial charge in [-0.3, -0.25) is 21.2 Å². The molecule has 0 saturated carbocycles. The second kappa shape index (κ2) is 6.59. The van der Waals surface area contributed by atoms with E-state index in [1.807, 2.05) is 6.92 Å². The van der Waals surface area contributed by atoms with Crippen LogP contribution in [0.5, 0.6) is 0 Å². The van der Waals surface area contributed by atoms with Crippen molar-refractivity contribution in [2.75, 3.05) is 0 Å². The molecule has 2 rings (SSSR count). The van der Waals surface area contributed by atoms with Gasteiger partial charge >= 0.3 is 0 Å². The lowest BCUT2D eigenvalue weighted by Crippen LogP contribution is -2.30. The first-order valence-electron chi connectivity index (χ1n) is 6.93. The summed E-state index contributed by atoms with van der Waals surface area (Å²) in [4.78, 5) is 8.66. The summed E-state index contributed by atoms with van der Waals surface area (Å²) in [5, 5.41) is 0. The van der Waals surface area contributed by atoms with E-state index in [4.69, 9.17) is 5.84 Å². The van der Waals surface area contributed by atoms with Crippen molar-refractivity contribution in [1.29, 1.82) is 0 Å². The molecule has 4 heteroatoms. The summed E-state index contributed by atoms with van der Waals surface area (Å²) in [6, 6.07) is 8.64. The van der Waals surface area contributed by atoms with Crippen molar-refractivity contribution in [1.82, 2.24) is 15.4 Å². The van der Waals surface area contributed by atoms with Gasteiger partial charge in [-0.1, -0.05) is 38.1 Å². The molecule has 2 aromatic rings. The second-order valence-electron chi connectivity index (χ2n) is 5.40. The Bertz CT molecular complexity index is 531. The molecule has 0 saturated heterocycles. The van der Waals surface area contributed by atoms with E-state index in [1.165, 1.54) is 11.1 Å². The van der Waals surface area contributed by atoms with Gasteiger partial charge in [0.25, 0.3) is 0 Å². The van der Waals surface area contributed by atoms with Crippen LogP contribution in [0.3, 0.4) is 0 Å². The molecule has 0 amide bonds. The Hall–Kier alpha value is -1.78. The molecule has 0 bridgehead atoms. The number of nitrogens with zero attached hydrogens (tertiary/aromatic N) is 2. The fourth-order valence-electron chi connectivity index (χ4n) is 2.11. The predicted octanol–water partition coefficient (Wildman–Crippen LogP) is 2.66. The molecule has 1 aromatic heterocycles. The average molecular weight is 270 g/mol. The van der Waals surface area contributed by atoms with Gasteiger partial charge in [-0.25, -0.2) is 0 Å². The van der Waals surface area contributed by atoms with E-state index in [-0.39, 0.29) is 6.04 Å². The molecule has 0 fully saturated rings. The first kappa shape index (κ1) is 14.6. The van der Waals surface area contributed by atoms with Gasteiger partial charge in [0.2, 0.25) is 0 Å². The van der Waals surface area contributed by atoms with Crippen LogP contribution < -0.4 is 11.3 Å². The number of aromatic nitrogens is 2. The van der Waals surface area contributed by atoms with E-state index in [9.17, 15) is 0 Å². The molecule has 1 aromatic carbocycles. The van der Waals surface area contributed by atoms with Gasteiger partial charge in [0.1, 0.15) is 0 Å². The molecular weight excluding hydrogens is 248 g/mol. The van der Waals surface area contributed by atoms with Crippen molar-refractivity contribution in [2.45, 2.75) is 39.2 Å². The molecule has 1 atom stereocenters. The highest BCUT2D eigenvalue weighted by Gasteiger charge is 2.12. The zero-order valence-corrected chi connectivity index (χ0v) is 12.3. The average Bonchev–Trinajstić information content (AvgIpc) is 2.46. The molecule has 1 heterocycles. The van der Waals surface area contributed by atoms with E-state index in [2.05, 4.69) is 53.5 Å². The van der Waals surface area contributed by atoms with Gasteiger partial charge < -0.3 is 0 Å². The molecule has 106 valence electrons. The number of hydrogen-bond acceptors (Lipinski definition) is 4. The van der Waals surface area contributed by atoms with Crippen LogP contribution in [0.15, 0.2) is 36.7 Å². The Kier molecular flexibility index (Phi) is 4.82. The van der Waals surface area contributed by atoms with Crippen molar-refractivity contribution in [2.24, 2.45) is 5.84 Å². The first-order valence-corrected chi connectivity index (χ1v) is 6.93. The van der Waals surface area contributed by atoms with Gasteiger partial charge in [0, 0.05) is 6.20 Å². The number of hydrogen-bond donors (Lipinski definition) is 2. The summed E-state index contributed by atoms with van der Waals surface area (Å²) in [6.45, 7) is 6.31. The zero-order valence-electron chi connectivity index (χ0n) is 12.3. The van der Waals surface area contributed by atoms with Crippen molar-refractivity contribution in [3.05, 3.63) is 59.2 Å². The molecule has 0 radical (unpaired) electrons. The maximum absolute atomic E-state index is 5.65. The molecule has 0 spiro atoms. The van der Waals surface area contributed by atoms with Crippen LogP contribution >= 0.6 is 0 Å². The largest absolute Gasteiger partial charge is 0.271 e. The fourth-order valence-corrected chi connectivity index (χ4v) is 2.11. The lowest BCUT2D eigenvalue weighted by atomic mass is 9.98. The van der Waals surface area contributed by atoms with Gasteiger partial charge in [-0.2, -0.15) is 0 Å². The highest BCUT2D eigenvalue weighted by molar-refractivity contribution is 5.26. The first-order chi connectivity index (χ1) is 9.60. The molecule has 1 unspecified atom stereocenters. The van der Waals surface area contributed by atoms with Crippen LogP contribution in [0.4, 0.5) is 0 Å². The van der Waals surface area contributed by atoms with E-state index in [0.717, 1.165) is 17.8 Å². The number of nitrogens with one attached hydrogen (secondary N) is 1. The number of aryl methyl sites for hydroxylation is 1. The van der Waals surface area contributed by atoms with Crippen LogP contribution in [-0.2, 0) is 6.42 Å². The van der Waals surface area contributed by atoms with Crippen LogP contribution in [0.25, 0.3) is 0 Å². The maximum atomic E-state index is 5.65. The standard InChI is InChI=1S/C16H22N4/c1-11(2)14-6-4-13(5-7-14)8-15(20-17)16-10-18-12(3)9-19-16/h4-7,9-11,15,20H,8,17H2,1-3H3. The fraction of sp³-hybridized carbons (Fsp3) is 0.375. The van der Waals surface area contributed by atoms with Crippen molar-refractivity contribution >= 4 is 0 Å². The molecule has 3 N–H and O–H groups in total. The van der Waals surface area contributed by atoms with Gasteiger partial charge in [0.05, 0.1) is 23.6 Å². The SMILES string of the molecule is Cc1cnc(C(Cc2ccc(C(C)C)cc2)NN)cn1. The molecule has 4 nitrogen and oxygen atoms in total. The van der Waals surface area contributed by atoms with E-state index in [1.54, 1.807) is 12.4 Å². The van der Waals surface area contributed by atoms with Crippen LogP contribution in [0.2, 0.25) is 0 Å². The second-order valence-corrected chi connectivity index (χ2v) is 5.40. The Morgan fingerprint density at radius 3 is 2.30 bits per heavy atom. The third-order valence-electron chi connectivity index (χ3n) is 3.45. The summed E-state index contributed by atoms with van der Waals surface area (Å²) < 4.78 is 0. The van der Waals surface area contributed by atoms with Crippen molar-refractivity contribution in [3.8, 4) is 0 Å². The number of rotatable bonds is 5. The van der Waals surface area contributed by atoms with E-state index in [0.29, 0.717) is 5.92 Å². The maximum Gasteiger partial charge on any atom is 0.0773 e. The monoisotopic (exact) mass is 270 g/mol. The minimum absolute atomic E-state index is 0.0204. The van der Waals surface area contributed by atoms with Crippen LogP contribution in [-0.4, -0.2) is 9.97 Å². The number of nitrogens with two attached hydrogens (primary N) is 1. The Morgan fingerprint density at radius 1 is 1.10 bits per heavy atom. The molecular formula is C16H22N4. The zero-order chi connectivity index (χ0) is 14.5. The van der Waals surface area contributed by atoms with E-state index < -0.39 is 0 Å². The van der Waals surface area contributed by atoms with Gasteiger partial charge in [0.15, 0.2) is 0 Å². The van der Waals surface area contributed by atoms with Crippen molar-refractivity contribution in [3.63, 3.8) is 0 Å². The van der Waals surface area contributed by atoms with Crippen molar-refractivity contribution < 1.29 is 0 Å². The quantitative estimate of drug-likeness (QED) is 0.647. The van der Waals surface area contributed by atoms with E-state index >= 15 is 0 Å². The lowest BCUT2D eigenvalue weighted by Gasteiger charge is -2.15. The molecule has 0 aliphatic rings. The van der Waals surface area contributed by atoms with Gasteiger partial charge in [-0.15, -0.1) is 0 Å². The summed E-state index contributed by atoms with van der Waals surface area (Å²) in [5.41, 5.74) is 7.18. The summed E-state index contributed by atoms with van der Waals surface area (Å²) in [7, 11) is 0. The molecule has 0 aliphatic carbocycles. The van der Waals surface area contributed by atoms with Crippen LogP contribution in [0, 0.1) is 6.92 Å². The summed E-state index contributed by atoms with van der Waals surface area (Å²) in [5.74, 6) is 6.20. The summed E-state index contributed by atoms with van der Waals surface area (Å²) >= 11 is 0. The molecule has 0 aliphatic heterocycles. The predicted molar refractivity (Wildman–Crippen MR) is 81.1 cm³/mol. The minimum Gasteiger partial charge on any atom is -0.271 e. The minimum atomic E-state index is -0.0204. The topological polar surface area (TPSA) is 63.8 Å². The number of hydrazine groups is 1. The Morgan fingerprint density at radius 2 is 1.80 bits per heavy atom. The highest BCUT2D eigenvalue weighted by atomic mass is 15.2. The Labute approximate surface area is 120 Å². The highest BCUT2D eigenvalue weighted by Crippen LogP contribution is 2.19. The third-order valence-corrected chi connectivity index (χ3v) is 3.45. The van der Waals surface area contributed by atoms with Gasteiger partial charge in [-0.05, 0) is 30.4 Å². The Balaban J connectivity index is 2.11. The smallest absolute Gasteiger partial charge is 0.0773 e. The third kappa shape index (κ3) is 3.62. The number of benzene rings is 1. The van der Waals surface area contributed by atoms with Crippen LogP contribution in [0.1, 0.15) is 48.3 Å². The summed E-state index contributed by atoms with van der Waals surface area (Å²) in [6.07, 6.45) is 4.34. The molecule has 20 heavy (non-hydrogen) atoms. The normalized spacial score (nSPS) is 12.7.